The van der Waals surface area contributed by atoms with Gasteiger partial charge in [-0.3, -0.25) is 4.79 Å². The summed E-state index contributed by atoms with van der Waals surface area (Å²) in [6, 6.07) is 10.7. The fourth-order valence-corrected chi connectivity index (χ4v) is 3.24. The molecule has 0 radical (unpaired) electrons. The van der Waals surface area contributed by atoms with Crippen LogP contribution in [0.1, 0.15) is 15.9 Å². The number of carbonyl (C=O) groups is 2. The lowest BCUT2D eigenvalue weighted by atomic mass is 10.1. The maximum atomic E-state index is 12.2. The van der Waals surface area contributed by atoms with Gasteiger partial charge in [-0.05, 0) is 37.3 Å². The van der Waals surface area contributed by atoms with Crippen molar-refractivity contribution in [3.8, 4) is 0 Å². The van der Waals surface area contributed by atoms with E-state index in [0.717, 1.165) is 9.87 Å². The lowest BCUT2D eigenvalue weighted by molar-refractivity contribution is -0.119. The number of aryl methyl sites for hydroxylation is 1. The van der Waals surface area contributed by atoms with Crippen LogP contribution in [0.2, 0.25) is 5.02 Å². The minimum Gasteiger partial charge on any atom is -0.452 e. The molecule has 0 aliphatic rings. The highest BCUT2D eigenvalue weighted by molar-refractivity contribution is 7.89. The van der Waals surface area contributed by atoms with Crippen LogP contribution >= 0.6 is 11.6 Å². The zero-order chi connectivity index (χ0) is 20.2. The number of ether oxygens (including phenoxy) is 1. The molecule has 0 aromatic heterocycles. The Morgan fingerprint density at radius 3 is 2.48 bits per heavy atom. The van der Waals surface area contributed by atoms with Crippen molar-refractivity contribution in [1.29, 1.82) is 0 Å². The third kappa shape index (κ3) is 5.29. The second kappa shape index (κ2) is 8.51. The largest absolute Gasteiger partial charge is 0.452 e. The molecule has 0 aliphatic heterocycles. The van der Waals surface area contributed by atoms with E-state index >= 15 is 0 Å². The molecule has 2 aromatic rings. The molecule has 0 unspecified atom stereocenters. The Hall–Kier alpha value is -2.42. The summed E-state index contributed by atoms with van der Waals surface area (Å²) >= 11 is 6.02. The first-order valence-electron chi connectivity index (χ1n) is 7.87. The maximum Gasteiger partial charge on any atom is 0.338 e. The molecule has 0 fully saturated rings. The van der Waals surface area contributed by atoms with Crippen LogP contribution in [0.15, 0.2) is 47.4 Å². The summed E-state index contributed by atoms with van der Waals surface area (Å²) in [6.07, 6.45) is 0. The molecule has 0 saturated heterocycles. The maximum absolute atomic E-state index is 12.2. The van der Waals surface area contributed by atoms with Gasteiger partial charge in [-0.15, -0.1) is 0 Å². The van der Waals surface area contributed by atoms with E-state index in [2.05, 4.69) is 5.32 Å². The van der Waals surface area contributed by atoms with Crippen molar-refractivity contribution in [1.82, 2.24) is 4.31 Å². The Morgan fingerprint density at radius 2 is 1.85 bits per heavy atom. The van der Waals surface area contributed by atoms with E-state index in [-0.39, 0.29) is 15.6 Å². The molecule has 2 aromatic carbocycles. The number of rotatable bonds is 6. The van der Waals surface area contributed by atoms with Crippen molar-refractivity contribution in [2.45, 2.75) is 11.8 Å². The first-order valence-corrected chi connectivity index (χ1v) is 9.69. The van der Waals surface area contributed by atoms with Crippen LogP contribution in [0.5, 0.6) is 0 Å². The topological polar surface area (TPSA) is 92.8 Å². The quantitative estimate of drug-likeness (QED) is 0.739. The normalized spacial score (nSPS) is 11.3. The number of amides is 1. The van der Waals surface area contributed by atoms with E-state index in [0.29, 0.717) is 5.56 Å². The Bertz CT molecular complexity index is 973. The van der Waals surface area contributed by atoms with E-state index in [1.807, 2.05) is 13.0 Å². The molecule has 7 nitrogen and oxygen atoms in total. The lowest BCUT2D eigenvalue weighted by Gasteiger charge is -2.14. The number of carbonyl (C=O) groups excluding carboxylic acids is 2. The van der Waals surface area contributed by atoms with Crippen LogP contribution in [-0.4, -0.2) is 45.3 Å². The average Bonchev–Trinajstić information content (AvgIpc) is 2.61. The van der Waals surface area contributed by atoms with Gasteiger partial charge in [0.05, 0.1) is 21.2 Å². The molecular weight excluding hydrogens is 392 g/mol. The molecule has 2 rings (SSSR count). The summed E-state index contributed by atoms with van der Waals surface area (Å²) in [5.41, 5.74) is 1.33. The number of anilines is 1. The zero-order valence-corrected chi connectivity index (χ0v) is 16.6. The predicted octanol–water partition coefficient (Wildman–Crippen LogP) is 2.69. The monoisotopic (exact) mass is 410 g/mol. The molecule has 144 valence electrons. The van der Waals surface area contributed by atoms with Gasteiger partial charge in [0.2, 0.25) is 10.0 Å². The minimum atomic E-state index is -3.68. The van der Waals surface area contributed by atoms with E-state index in [1.54, 1.807) is 18.2 Å². The van der Waals surface area contributed by atoms with Gasteiger partial charge in [-0.2, -0.15) is 0 Å². The van der Waals surface area contributed by atoms with E-state index < -0.39 is 28.5 Å². The number of benzene rings is 2. The zero-order valence-electron chi connectivity index (χ0n) is 15.0. The molecule has 0 bridgehead atoms. The van der Waals surface area contributed by atoms with Crippen molar-refractivity contribution >= 4 is 39.2 Å². The van der Waals surface area contributed by atoms with Crippen molar-refractivity contribution in [3.05, 3.63) is 58.6 Å². The second-order valence-electron chi connectivity index (χ2n) is 5.92. The van der Waals surface area contributed by atoms with Gasteiger partial charge in [0.15, 0.2) is 6.61 Å². The summed E-state index contributed by atoms with van der Waals surface area (Å²) in [5.74, 6) is -1.28. The lowest BCUT2D eigenvalue weighted by Crippen LogP contribution is -2.23. The number of nitrogens with zero attached hydrogens (tertiary/aromatic N) is 1. The Labute approximate surface area is 162 Å². The number of sulfonamides is 1. The molecule has 0 heterocycles. The van der Waals surface area contributed by atoms with Gasteiger partial charge >= 0.3 is 5.97 Å². The van der Waals surface area contributed by atoms with Crippen molar-refractivity contribution in [3.63, 3.8) is 0 Å². The molecule has 27 heavy (non-hydrogen) atoms. The summed E-state index contributed by atoms with van der Waals surface area (Å²) in [5, 5.41) is 2.61. The third-order valence-electron chi connectivity index (χ3n) is 3.58. The van der Waals surface area contributed by atoms with Crippen LogP contribution in [0, 0.1) is 6.92 Å². The fourth-order valence-electron chi connectivity index (χ4n) is 2.14. The third-order valence-corrected chi connectivity index (χ3v) is 5.72. The van der Waals surface area contributed by atoms with Gasteiger partial charge in [0, 0.05) is 14.1 Å². The fraction of sp³-hybridized carbons (Fsp3) is 0.222. The number of hydrogen-bond donors (Lipinski definition) is 1. The summed E-state index contributed by atoms with van der Waals surface area (Å²) in [4.78, 5) is 24.0. The average molecular weight is 411 g/mol. The molecule has 0 atom stereocenters. The second-order valence-corrected chi connectivity index (χ2v) is 8.48. The first kappa shape index (κ1) is 20.9. The predicted molar refractivity (Wildman–Crippen MR) is 102 cm³/mol. The Balaban J connectivity index is 2.06. The molecule has 1 amide bonds. The minimum absolute atomic E-state index is 0.0241. The number of hydrogen-bond acceptors (Lipinski definition) is 5. The Kier molecular flexibility index (Phi) is 6.59. The van der Waals surface area contributed by atoms with Crippen molar-refractivity contribution in [2.75, 3.05) is 26.0 Å². The molecule has 0 aliphatic carbocycles. The highest BCUT2D eigenvalue weighted by atomic mass is 35.5. The van der Waals surface area contributed by atoms with Gasteiger partial charge in [-0.25, -0.2) is 17.5 Å². The molecule has 0 spiro atoms. The first-order chi connectivity index (χ1) is 12.6. The van der Waals surface area contributed by atoms with Crippen LogP contribution in [-0.2, 0) is 19.6 Å². The summed E-state index contributed by atoms with van der Waals surface area (Å²) in [7, 11) is -0.888. The standard InChI is InChI=1S/C18H19ClN2O5S/c1-12-5-4-6-13(9-12)18(23)26-11-17(22)20-16-10-14(7-8-15(16)19)27(24,25)21(2)3/h4-10H,11H2,1-3H3,(H,20,22). The van der Waals surface area contributed by atoms with E-state index in [4.69, 9.17) is 16.3 Å². The SMILES string of the molecule is Cc1cccc(C(=O)OCC(=O)Nc2cc(S(=O)(=O)N(C)C)ccc2Cl)c1. The van der Waals surface area contributed by atoms with Crippen LogP contribution in [0.3, 0.4) is 0 Å². The van der Waals surface area contributed by atoms with Crippen molar-refractivity contribution < 1.29 is 22.7 Å². The van der Waals surface area contributed by atoms with Crippen molar-refractivity contribution in [2.24, 2.45) is 0 Å². The number of esters is 1. The Morgan fingerprint density at radius 1 is 1.15 bits per heavy atom. The number of halogens is 1. The summed E-state index contributed by atoms with van der Waals surface area (Å²) in [6.45, 7) is 1.30. The highest BCUT2D eigenvalue weighted by Crippen LogP contribution is 2.26. The summed E-state index contributed by atoms with van der Waals surface area (Å²) < 4.78 is 30.4. The van der Waals surface area contributed by atoms with Crippen LogP contribution in [0.25, 0.3) is 0 Å². The smallest absolute Gasteiger partial charge is 0.338 e. The molecule has 9 heteroatoms. The van der Waals surface area contributed by atoms with E-state index in [1.165, 1.54) is 32.3 Å². The van der Waals surface area contributed by atoms with E-state index in [9.17, 15) is 18.0 Å². The van der Waals surface area contributed by atoms with Crippen LogP contribution < -0.4 is 5.32 Å². The van der Waals surface area contributed by atoms with Gasteiger partial charge in [0.25, 0.3) is 5.91 Å². The molecule has 0 saturated carbocycles. The van der Waals surface area contributed by atoms with Crippen LogP contribution in [0.4, 0.5) is 5.69 Å². The molecular formula is C18H19ClN2O5S. The molecule has 1 N–H and O–H groups in total. The van der Waals surface area contributed by atoms with Gasteiger partial charge in [0.1, 0.15) is 0 Å². The van der Waals surface area contributed by atoms with Gasteiger partial charge in [-0.1, -0.05) is 29.3 Å². The number of nitrogens with one attached hydrogen (secondary N) is 1. The van der Waals surface area contributed by atoms with Gasteiger partial charge < -0.3 is 10.1 Å². The highest BCUT2D eigenvalue weighted by Gasteiger charge is 2.19.